The van der Waals surface area contributed by atoms with Gasteiger partial charge in [0, 0.05) is 30.1 Å². The molecule has 2 heterocycles. The maximum Gasteiger partial charge on any atom is 0.433 e. The van der Waals surface area contributed by atoms with Crippen LogP contribution in [0.5, 0.6) is 0 Å². The van der Waals surface area contributed by atoms with Gasteiger partial charge in [0.2, 0.25) is 0 Å². The third kappa shape index (κ3) is 4.27. The second kappa shape index (κ2) is 7.27. The lowest BCUT2D eigenvalue weighted by molar-refractivity contribution is -0.143. The summed E-state index contributed by atoms with van der Waals surface area (Å²) in [5, 5.41) is 12.0. The third-order valence-corrected chi connectivity index (χ3v) is 4.36. The molecule has 1 fully saturated rings. The van der Waals surface area contributed by atoms with Crippen LogP contribution in [0.25, 0.3) is 11.4 Å². The van der Waals surface area contributed by atoms with Gasteiger partial charge >= 0.3 is 12.1 Å². The number of aliphatic carboxylic acids is 1. The molecule has 6 nitrogen and oxygen atoms in total. The maximum atomic E-state index is 13.2. The number of pyridine rings is 1. The number of carbonyl (C=O) groups is 1. The molecule has 0 aliphatic heterocycles. The van der Waals surface area contributed by atoms with E-state index in [4.69, 9.17) is 5.11 Å². The van der Waals surface area contributed by atoms with Crippen molar-refractivity contribution in [1.29, 1.82) is 0 Å². The number of carboxylic acid groups (broad SMARTS) is 1. The summed E-state index contributed by atoms with van der Waals surface area (Å²) in [5.41, 5.74) is -0.649. The molecule has 2 aromatic rings. The van der Waals surface area contributed by atoms with Gasteiger partial charge < -0.3 is 10.4 Å². The van der Waals surface area contributed by atoms with E-state index >= 15 is 0 Å². The summed E-state index contributed by atoms with van der Waals surface area (Å²) >= 11 is 0. The van der Waals surface area contributed by atoms with Crippen LogP contribution in [0.3, 0.4) is 0 Å². The van der Waals surface area contributed by atoms with Crippen molar-refractivity contribution in [3.05, 3.63) is 36.3 Å². The Morgan fingerprint density at radius 3 is 2.50 bits per heavy atom. The number of aromatic nitrogens is 3. The van der Waals surface area contributed by atoms with Gasteiger partial charge in [-0.05, 0) is 37.8 Å². The van der Waals surface area contributed by atoms with Crippen molar-refractivity contribution in [2.75, 3.05) is 5.32 Å². The van der Waals surface area contributed by atoms with Crippen LogP contribution in [-0.4, -0.2) is 32.1 Å². The molecule has 0 aromatic carbocycles. The van der Waals surface area contributed by atoms with E-state index in [1.165, 1.54) is 12.4 Å². The summed E-state index contributed by atoms with van der Waals surface area (Å²) in [6.45, 7) is 0. The molecule has 0 amide bonds. The summed E-state index contributed by atoms with van der Waals surface area (Å²) in [6, 6.07) is 3.94. The van der Waals surface area contributed by atoms with Crippen molar-refractivity contribution < 1.29 is 23.1 Å². The first-order valence-electron chi connectivity index (χ1n) is 8.19. The molecule has 1 aliphatic rings. The zero-order valence-electron chi connectivity index (χ0n) is 13.7. The quantitative estimate of drug-likeness (QED) is 0.859. The van der Waals surface area contributed by atoms with Crippen molar-refractivity contribution >= 4 is 11.8 Å². The van der Waals surface area contributed by atoms with Gasteiger partial charge in [0.15, 0.2) is 11.5 Å². The van der Waals surface area contributed by atoms with Crippen molar-refractivity contribution in [1.82, 2.24) is 15.0 Å². The van der Waals surface area contributed by atoms with Crippen LogP contribution in [0.15, 0.2) is 30.6 Å². The van der Waals surface area contributed by atoms with E-state index in [0.717, 1.165) is 6.07 Å². The standard InChI is InChI=1S/C17H17F3N4O2/c18-17(19,20)13-8-14(22-12-5-3-10(4-6-12)16(25)26)24-15(23-13)11-2-1-7-21-9-11/h1-2,7-10,12H,3-6H2,(H,25,26)(H,22,23,24). The molecule has 0 atom stereocenters. The Morgan fingerprint density at radius 1 is 1.19 bits per heavy atom. The second-order valence-electron chi connectivity index (χ2n) is 6.23. The van der Waals surface area contributed by atoms with Gasteiger partial charge in [-0.1, -0.05) is 0 Å². The summed E-state index contributed by atoms with van der Waals surface area (Å²) in [6.07, 6.45) is 0.403. The van der Waals surface area contributed by atoms with Crippen LogP contribution in [0.1, 0.15) is 31.4 Å². The SMILES string of the molecule is O=C(O)C1CCC(Nc2cc(C(F)(F)F)nc(-c3cccnc3)n2)CC1. The average molecular weight is 366 g/mol. The Bertz CT molecular complexity index is 775. The van der Waals surface area contributed by atoms with Gasteiger partial charge in [-0.2, -0.15) is 13.2 Å². The molecular weight excluding hydrogens is 349 g/mol. The van der Waals surface area contributed by atoms with E-state index in [2.05, 4.69) is 20.3 Å². The summed E-state index contributed by atoms with van der Waals surface area (Å²) < 4.78 is 39.5. The molecule has 2 N–H and O–H groups in total. The van der Waals surface area contributed by atoms with Crippen molar-refractivity contribution in [2.24, 2.45) is 5.92 Å². The molecule has 0 radical (unpaired) electrons. The smallest absolute Gasteiger partial charge is 0.433 e. The van der Waals surface area contributed by atoms with Gasteiger partial charge in [-0.15, -0.1) is 0 Å². The van der Waals surface area contributed by atoms with E-state index in [1.807, 2.05) is 0 Å². The fourth-order valence-corrected chi connectivity index (χ4v) is 2.98. The number of hydrogen-bond acceptors (Lipinski definition) is 5. The highest BCUT2D eigenvalue weighted by atomic mass is 19.4. The number of hydrogen-bond donors (Lipinski definition) is 2. The van der Waals surface area contributed by atoms with E-state index in [1.54, 1.807) is 12.1 Å². The minimum atomic E-state index is -4.60. The van der Waals surface area contributed by atoms with Crippen LogP contribution < -0.4 is 5.32 Å². The van der Waals surface area contributed by atoms with Gasteiger partial charge in [0.1, 0.15) is 5.82 Å². The Balaban J connectivity index is 1.84. The van der Waals surface area contributed by atoms with Gasteiger partial charge in [-0.3, -0.25) is 9.78 Å². The molecule has 9 heteroatoms. The Kier molecular flexibility index (Phi) is 5.06. The van der Waals surface area contributed by atoms with Gasteiger partial charge in [-0.25, -0.2) is 9.97 Å². The van der Waals surface area contributed by atoms with E-state index < -0.39 is 23.8 Å². The Morgan fingerprint density at radius 2 is 1.92 bits per heavy atom. The molecule has 2 aromatic heterocycles. The highest BCUT2D eigenvalue weighted by molar-refractivity contribution is 5.70. The molecule has 3 rings (SSSR count). The molecule has 1 aliphatic carbocycles. The lowest BCUT2D eigenvalue weighted by Crippen LogP contribution is -2.29. The fraction of sp³-hybridized carbons (Fsp3) is 0.412. The topological polar surface area (TPSA) is 88.0 Å². The highest BCUT2D eigenvalue weighted by Gasteiger charge is 2.34. The minimum absolute atomic E-state index is 0.0605. The van der Waals surface area contributed by atoms with Gasteiger partial charge in [0.05, 0.1) is 5.92 Å². The number of nitrogens with one attached hydrogen (secondary N) is 1. The summed E-state index contributed by atoms with van der Waals surface area (Å²) in [4.78, 5) is 22.7. The average Bonchev–Trinajstić information content (AvgIpc) is 2.62. The molecule has 1 saturated carbocycles. The first kappa shape index (κ1) is 18.1. The maximum absolute atomic E-state index is 13.2. The van der Waals surface area contributed by atoms with E-state index in [0.29, 0.717) is 31.2 Å². The zero-order chi connectivity index (χ0) is 18.7. The summed E-state index contributed by atoms with van der Waals surface area (Å²) in [5.74, 6) is -1.21. The fourth-order valence-electron chi connectivity index (χ4n) is 2.98. The number of carboxylic acids is 1. The van der Waals surface area contributed by atoms with Crippen LogP contribution in [0.4, 0.5) is 19.0 Å². The molecule has 138 valence electrons. The highest BCUT2D eigenvalue weighted by Crippen LogP contribution is 2.32. The molecule has 0 unspecified atom stereocenters. The minimum Gasteiger partial charge on any atom is -0.481 e. The Hall–Kier alpha value is -2.71. The predicted octanol–water partition coefficient (Wildman–Crippen LogP) is 3.61. The van der Waals surface area contributed by atoms with E-state index in [-0.39, 0.29) is 17.7 Å². The normalized spacial score (nSPS) is 20.6. The van der Waals surface area contributed by atoms with Gasteiger partial charge in [0.25, 0.3) is 0 Å². The van der Waals surface area contributed by atoms with E-state index in [9.17, 15) is 18.0 Å². The molecule has 0 saturated heterocycles. The molecule has 26 heavy (non-hydrogen) atoms. The van der Waals surface area contributed by atoms with Crippen LogP contribution in [0, 0.1) is 5.92 Å². The number of nitrogens with zero attached hydrogens (tertiary/aromatic N) is 3. The molecular formula is C17H17F3N4O2. The first-order chi connectivity index (χ1) is 12.3. The van der Waals surface area contributed by atoms with Crippen molar-refractivity contribution in [3.63, 3.8) is 0 Å². The van der Waals surface area contributed by atoms with Crippen molar-refractivity contribution in [3.8, 4) is 11.4 Å². The molecule has 0 spiro atoms. The largest absolute Gasteiger partial charge is 0.481 e. The number of rotatable bonds is 4. The number of anilines is 1. The predicted molar refractivity (Wildman–Crippen MR) is 87.3 cm³/mol. The van der Waals surface area contributed by atoms with Crippen molar-refractivity contribution in [2.45, 2.75) is 37.9 Å². The van der Waals surface area contributed by atoms with Crippen LogP contribution in [-0.2, 0) is 11.0 Å². The van der Waals surface area contributed by atoms with Crippen LogP contribution >= 0.6 is 0 Å². The monoisotopic (exact) mass is 366 g/mol. The zero-order valence-corrected chi connectivity index (χ0v) is 13.7. The lowest BCUT2D eigenvalue weighted by atomic mass is 9.86. The third-order valence-electron chi connectivity index (χ3n) is 4.36. The number of halogens is 3. The first-order valence-corrected chi connectivity index (χ1v) is 8.19. The summed E-state index contributed by atoms with van der Waals surface area (Å²) in [7, 11) is 0. The Labute approximate surface area is 147 Å². The lowest BCUT2D eigenvalue weighted by Gasteiger charge is -2.27. The number of alkyl halides is 3. The molecule has 0 bridgehead atoms. The second-order valence-corrected chi connectivity index (χ2v) is 6.23. The van der Waals surface area contributed by atoms with Crippen LogP contribution in [0.2, 0.25) is 0 Å².